The Labute approximate surface area is 104 Å². The van der Waals surface area contributed by atoms with Crippen LogP contribution in [0.4, 0.5) is 0 Å². The van der Waals surface area contributed by atoms with Gasteiger partial charge in [0.15, 0.2) is 0 Å². The minimum Gasteiger partial charge on any atom is -0.310 e. The Morgan fingerprint density at radius 1 is 1.67 bits per heavy atom. The maximum atomic E-state index is 5.30. The van der Waals surface area contributed by atoms with Crippen molar-refractivity contribution in [2.75, 3.05) is 6.54 Å². The van der Waals surface area contributed by atoms with Gasteiger partial charge in [-0.05, 0) is 52.3 Å². The zero-order chi connectivity index (χ0) is 11.1. The molecule has 0 spiro atoms. The summed E-state index contributed by atoms with van der Waals surface area (Å²) in [6.45, 7) is 3.22. The summed E-state index contributed by atoms with van der Waals surface area (Å²) in [5.41, 5.74) is 1.34. The van der Waals surface area contributed by atoms with Crippen LogP contribution in [0.25, 0.3) is 0 Å². The lowest BCUT2D eigenvalue weighted by atomic mass is 10.1. The summed E-state index contributed by atoms with van der Waals surface area (Å²) in [7, 11) is 0. The van der Waals surface area contributed by atoms with Crippen molar-refractivity contribution < 1.29 is 0 Å². The van der Waals surface area contributed by atoms with Gasteiger partial charge >= 0.3 is 0 Å². The van der Waals surface area contributed by atoms with Crippen molar-refractivity contribution >= 4 is 27.3 Å². The summed E-state index contributed by atoms with van der Waals surface area (Å²) in [4.78, 5) is 0. The second kappa shape index (κ2) is 7.05. The Morgan fingerprint density at radius 3 is 3.00 bits per heavy atom. The van der Waals surface area contributed by atoms with Gasteiger partial charge in [0.1, 0.15) is 0 Å². The molecule has 0 aromatic carbocycles. The quantitative estimate of drug-likeness (QED) is 0.780. The molecule has 1 nitrogen and oxygen atoms in total. The molecule has 1 unspecified atom stereocenters. The van der Waals surface area contributed by atoms with Gasteiger partial charge in [-0.15, -0.1) is 23.7 Å². The van der Waals surface area contributed by atoms with Gasteiger partial charge in [0.05, 0.1) is 3.79 Å². The Balaban J connectivity index is 2.59. The third kappa shape index (κ3) is 4.38. The van der Waals surface area contributed by atoms with E-state index in [0.717, 1.165) is 25.8 Å². The standard InChI is InChI=1S/C12H16BrNS/c1-3-5-6-11(14-7-4-2)10-8-12(13)15-9-10/h1,8-9,11,14H,4-7H2,2H3. The molecule has 3 heteroatoms. The lowest BCUT2D eigenvalue weighted by Crippen LogP contribution is -2.21. The molecule has 0 aliphatic rings. The van der Waals surface area contributed by atoms with Crippen molar-refractivity contribution in [3.05, 3.63) is 20.8 Å². The molecular weight excluding hydrogens is 270 g/mol. The molecule has 0 radical (unpaired) electrons. The Kier molecular flexibility index (Phi) is 6.00. The minimum absolute atomic E-state index is 0.406. The summed E-state index contributed by atoms with van der Waals surface area (Å²) in [6.07, 6.45) is 8.30. The molecule has 0 aliphatic carbocycles. The van der Waals surface area contributed by atoms with E-state index in [2.05, 4.69) is 45.5 Å². The van der Waals surface area contributed by atoms with Gasteiger partial charge in [0.25, 0.3) is 0 Å². The fourth-order valence-electron chi connectivity index (χ4n) is 1.44. The van der Waals surface area contributed by atoms with E-state index in [1.807, 2.05) is 0 Å². The highest BCUT2D eigenvalue weighted by atomic mass is 79.9. The number of thiophene rings is 1. The van der Waals surface area contributed by atoms with Crippen LogP contribution in [0.15, 0.2) is 15.2 Å². The van der Waals surface area contributed by atoms with Crippen molar-refractivity contribution in [1.82, 2.24) is 5.32 Å². The molecule has 0 fully saturated rings. The summed E-state index contributed by atoms with van der Waals surface area (Å²) in [5.74, 6) is 2.70. The third-order valence-electron chi connectivity index (χ3n) is 2.21. The number of rotatable bonds is 6. The van der Waals surface area contributed by atoms with E-state index in [1.165, 1.54) is 9.35 Å². The molecule has 0 aliphatic heterocycles. The van der Waals surface area contributed by atoms with Gasteiger partial charge < -0.3 is 5.32 Å². The zero-order valence-electron chi connectivity index (χ0n) is 8.92. The lowest BCUT2D eigenvalue weighted by Gasteiger charge is -2.16. The van der Waals surface area contributed by atoms with E-state index in [4.69, 9.17) is 6.42 Å². The van der Waals surface area contributed by atoms with Crippen LogP contribution in [-0.2, 0) is 0 Å². The highest BCUT2D eigenvalue weighted by molar-refractivity contribution is 9.11. The van der Waals surface area contributed by atoms with Crippen molar-refractivity contribution in [1.29, 1.82) is 0 Å². The Bertz CT molecular complexity index is 327. The molecule has 15 heavy (non-hydrogen) atoms. The van der Waals surface area contributed by atoms with Crippen LogP contribution >= 0.6 is 27.3 Å². The second-order valence-corrected chi connectivity index (χ2v) is 5.72. The number of hydrogen-bond acceptors (Lipinski definition) is 2. The number of halogens is 1. The van der Waals surface area contributed by atoms with Crippen LogP contribution in [0.2, 0.25) is 0 Å². The van der Waals surface area contributed by atoms with Gasteiger partial charge in [-0.1, -0.05) is 6.92 Å². The fraction of sp³-hybridized carbons (Fsp3) is 0.500. The van der Waals surface area contributed by atoms with Gasteiger partial charge in [-0.25, -0.2) is 0 Å². The number of nitrogens with one attached hydrogen (secondary N) is 1. The maximum absolute atomic E-state index is 5.30. The molecule has 0 amide bonds. The second-order valence-electron chi connectivity index (χ2n) is 3.43. The van der Waals surface area contributed by atoms with Gasteiger partial charge in [-0.3, -0.25) is 0 Å². The smallest absolute Gasteiger partial charge is 0.0701 e. The van der Waals surface area contributed by atoms with Crippen LogP contribution in [0.5, 0.6) is 0 Å². The summed E-state index contributed by atoms with van der Waals surface area (Å²) in [6, 6.07) is 2.58. The molecule has 1 heterocycles. The van der Waals surface area contributed by atoms with Gasteiger partial charge in [0.2, 0.25) is 0 Å². The fourth-order valence-corrected chi connectivity index (χ4v) is 2.67. The number of terminal acetylenes is 1. The largest absolute Gasteiger partial charge is 0.310 e. The predicted octanol–water partition coefficient (Wildman–Crippen LogP) is 3.96. The minimum atomic E-state index is 0.406. The first-order valence-electron chi connectivity index (χ1n) is 5.18. The zero-order valence-corrected chi connectivity index (χ0v) is 11.3. The molecule has 1 atom stereocenters. The van der Waals surface area contributed by atoms with Crippen molar-refractivity contribution in [2.24, 2.45) is 0 Å². The molecule has 1 aromatic rings. The average Bonchev–Trinajstić information content (AvgIpc) is 2.65. The lowest BCUT2D eigenvalue weighted by molar-refractivity contribution is 0.507. The van der Waals surface area contributed by atoms with Crippen molar-refractivity contribution in [2.45, 2.75) is 32.2 Å². The Morgan fingerprint density at radius 2 is 2.47 bits per heavy atom. The molecule has 82 valence electrons. The molecule has 1 rings (SSSR count). The molecular formula is C12H16BrNS. The van der Waals surface area contributed by atoms with E-state index in [0.29, 0.717) is 6.04 Å². The molecule has 1 aromatic heterocycles. The number of hydrogen-bond donors (Lipinski definition) is 1. The summed E-state index contributed by atoms with van der Waals surface area (Å²) < 4.78 is 1.18. The van der Waals surface area contributed by atoms with E-state index in [9.17, 15) is 0 Å². The highest BCUT2D eigenvalue weighted by Gasteiger charge is 2.11. The summed E-state index contributed by atoms with van der Waals surface area (Å²) in [5, 5.41) is 5.71. The van der Waals surface area contributed by atoms with Gasteiger partial charge in [-0.2, -0.15) is 0 Å². The van der Waals surface area contributed by atoms with E-state index < -0.39 is 0 Å². The first-order valence-corrected chi connectivity index (χ1v) is 6.86. The van der Waals surface area contributed by atoms with Crippen LogP contribution < -0.4 is 5.32 Å². The first-order chi connectivity index (χ1) is 7.27. The van der Waals surface area contributed by atoms with Crippen molar-refractivity contribution in [3.63, 3.8) is 0 Å². The third-order valence-corrected chi connectivity index (χ3v) is 3.73. The topological polar surface area (TPSA) is 12.0 Å². The normalized spacial score (nSPS) is 12.3. The highest BCUT2D eigenvalue weighted by Crippen LogP contribution is 2.27. The van der Waals surface area contributed by atoms with E-state index in [-0.39, 0.29) is 0 Å². The van der Waals surface area contributed by atoms with Crippen LogP contribution in [0.3, 0.4) is 0 Å². The molecule has 1 N–H and O–H groups in total. The molecule has 0 saturated heterocycles. The summed E-state index contributed by atoms with van der Waals surface area (Å²) >= 11 is 5.21. The molecule has 0 bridgehead atoms. The maximum Gasteiger partial charge on any atom is 0.0701 e. The van der Waals surface area contributed by atoms with Crippen LogP contribution in [-0.4, -0.2) is 6.54 Å². The van der Waals surface area contributed by atoms with E-state index in [1.54, 1.807) is 11.3 Å². The monoisotopic (exact) mass is 285 g/mol. The first kappa shape index (κ1) is 12.8. The van der Waals surface area contributed by atoms with E-state index >= 15 is 0 Å². The predicted molar refractivity (Wildman–Crippen MR) is 71.1 cm³/mol. The SMILES string of the molecule is C#CCCC(NCCC)c1csc(Br)c1. The van der Waals surface area contributed by atoms with Crippen LogP contribution in [0, 0.1) is 12.3 Å². The van der Waals surface area contributed by atoms with Crippen molar-refractivity contribution in [3.8, 4) is 12.3 Å². The van der Waals surface area contributed by atoms with Crippen LogP contribution in [0.1, 0.15) is 37.8 Å². The Hall–Kier alpha value is -0.300. The van der Waals surface area contributed by atoms with Gasteiger partial charge in [0, 0.05) is 12.5 Å². The molecule has 0 saturated carbocycles. The average molecular weight is 286 g/mol.